The Morgan fingerprint density at radius 2 is 1.10 bits per heavy atom. The van der Waals surface area contributed by atoms with E-state index in [4.69, 9.17) is 13.7 Å². The largest absolute Gasteiger partial charge is 0.494 e. The summed E-state index contributed by atoms with van der Waals surface area (Å²) < 4.78 is 17.7. The summed E-state index contributed by atoms with van der Waals surface area (Å²) in [4.78, 5) is 15.2. The van der Waals surface area contributed by atoms with Gasteiger partial charge >= 0.3 is 5.97 Å². The number of benzene rings is 3. The molecule has 0 atom stereocenters. The molecule has 0 N–H and O–H groups in total. The van der Waals surface area contributed by atoms with Gasteiger partial charge in [0.05, 0.1) is 13.2 Å². The Morgan fingerprint density at radius 3 is 1.48 bits per heavy atom. The van der Waals surface area contributed by atoms with Crippen LogP contribution in [-0.2, 0) is 8.98 Å². The smallest absolute Gasteiger partial charge is 0.313 e. The number of rotatable bonds is 10. The van der Waals surface area contributed by atoms with Crippen LogP contribution in [0, 0.1) is 0 Å². The fourth-order valence-corrected chi connectivity index (χ4v) is 6.27. The Morgan fingerprint density at radius 1 is 0.677 bits per heavy atom. The van der Waals surface area contributed by atoms with Crippen LogP contribution in [0.1, 0.15) is 33.6 Å². The highest BCUT2D eigenvalue weighted by molar-refractivity contribution is 8.30. The van der Waals surface area contributed by atoms with Crippen LogP contribution < -0.4 is 9.47 Å². The van der Waals surface area contributed by atoms with E-state index in [-0.39, 0.29) is 5.97 Å². The van der Waals surface area contributed by atoms with E-state index in [2.05, 4.69) is 13.8 Å². The van der Waals surface area contributed by atoms with Gasteiger partial charge in [0.25, 0.3) is 0 Å². The molecule has 0 saturated carbocycles. The maximum Gasteiger partial charge on any atom is 0.313 e. The van der Waals surface area contributed by atoms with E-state index in [1.54, 1.807) is 0 Å². The number of carbonyl (C=O) groups is 1. The Kier molecular flexibility index (Phi) is 8.01. The van der Waals surface area contributed by atoms with E-state index in [9.17, 15) is 4.79 Å². The molecule has 0 fully saturated rings. The third-order valence-electron chi connectivity index (χ3n) is 4.57. The summed E-state index contributed by atoms with van der Waals surface area (Å²) >= 11 is 0. The van der Waals surface area contributed by atoms with Crippen LogP contribution >= 0.6 is 10.3 Å². The zero-order valence-corrected chi connectivity index (χ0v) is 19.2. The average molecular weight is 439 g/mol. The minimum absolute atomic E-state index is 0.323. The summed E-state index contributed by atoms with van der Waals surface area (Å²) in [7, 11) is -2.27. The molecule has 3 aromatic carbocycles. The second-order valence-electron chi connectivity index (χ2n) is 7.08. The Balaban J connectivity index is 2.13. The van der Waals surface area contributed by atoms with Crippen LogP contribution in [0.5, 0.6) is 11.5 Å². The molecule has 0 spiro atoms. The van der Waals surface area contributed by atoms with E-state index in [1.807, 2.05) is 78.9 Å². The van der Waals surface area contributed by atoms with Crippen molar-refractivity contribution in [3.8, 4) is 11.5 Å². The van der Waals surface area contributed by atoms with E-state index in [0.29, 0.717) is 13.2 Å². The molecule has 31 heavy (non-hydrogen) atoms. The zero-order valence-electron chi connectivity index (χ0n) is 18.4. The molecular weight excluding hydrogens is 408 g/mol. The van der Waals surface area contributed by atoms with Crippen LogP contribution in [0.3, 0.4) is 0 Å². The summed E-state index contributed by atoms with van der Waals surface area (Å²) in [6.07, 6.45) is 1.89. The van der Waals surface area contributed by atoms with Crippen molar-refractivity contribution in [1.29, 1.82) is 0 Å². The van der Waals surface area contributed by atoms with Gasteiger partial charge in [0, 0.05) is 21.6 Å². The summed E-state index contributed by atoms with van der Waals surface area (Å²) in [6.45, 7) is 6.95. The predicted octanol–water partition coefficient (Wildman–Crippen LogP) is 7.02. The van der Waals surface area contributed by atoms with E-state index < -0.39 is 10.3 Å². The van der Waals surface area contributed by atoms with Gasteiger partial charge in [0.1, 0.15) is 11.5 Å². The first-order valence-electron chi connectivity index (χ1n) is 10.6. The molecule has 3 aromatic rings. The SMILES string of the molecule is CCCOc1ccc(S(OC(C)=O)(c2ccccc2)c2ccc(OCCC)cc2)cc1. The van der Waals surface area contributed by atoms with Crippen molar-refractivity contribution in [2.45, 2.75) is 48.3 Å². The van der Waals surface area contributed by atoms with E-state index in [0.717, 1.165) is 39.0 Å². The van der Waals surface area contributed by atoms with Gasteiger partial charge < -0.3 is 13.7 Å². The van der Waals surface area contributed by atoms with Crippen molar-refractivity contribution in [3.63, 3.8) is 0 Å². The van der Waals surface area contributed by atoms with Crippen LogP contribution in [-0.4, -0.2) is 19.2 Å². The van der Waals surface area contributed by atoms with Gasteiger partial charge in [-0.25, -0.2) is 0 Å². The molecule has 0 aliphatic rings. The molecule has 164 valence electrons. The van der Waals surface area contributed by atoms with Crippen LogP contribution in [0.4, 0.5) is 0 Å². The van der Waals surface area contributed by atoms with Gasteiger partial charge in [0.15, 0.2) is 0 Å². The quantitative estimate of drug-likeness (QED) is 0.341. The highest BCUT2D eigenvalue weighted by Gasteiger charge is 2.35. The monoisotopic (exact) mass is 438 g/mol. The minimum atomic E-state index is -2.27. The summed E-state index contributed by atoms with van der Waals surface area (Å²) in [6, 6.07) is 25.7. The topological polar surface area (TPSA) is 44.8 Å². The van der Waals surface area contributed by atoms with Gasteiger partial charge in [-0.05, 0) is 83.8 Å². The highest BCUT2D eigenvalue weighted by atomic mass is 32.3. The molecule has 3 rings (SSSR count). The van der Waals surface area contributed by atoms with Crippen molar-refractivity contribution in [2.24, 2.45) is 0 Å². The molecule has 5 heteroatoms. The van der Waals surface area contributed by atoms with E-state index in [1.165, 1.54) is 6.92 Å². The molecule has 0 bridgehead atoms. The number of carbonyl (C=O) groups excluding carboxylic acids is 1. The Hall–Kier alpha value is -2.92. The molecule has 0 amide bonds. The third-order valence-corrected chi connectivity index (χ3v) is 7.87. The van der Waals surface area contributed by atoms with Crippen LogP contribution in [0.15, 0.2) is 93.5 Å². The lowest BCUT2D eigenvalue weighted by molar-refractivity contribution is -0.131. The molecule has 0 aliphatic heterocycles. The van der Waals surface area contributed by atoms with Gasteiger partial charge in [-0.2, -0.15) is 0 Å². The summed E-state index contributed by atoms with van der Waals surface area (Å²) in [5.74, 6) is 1.28. The molecule has 4 nitrogen and oxygen atoms in total. The zero-order chi connectivity index (χ0) is 22.1. The highest BCUT2D eigenvalue weighted by Crippen LogP contribution is 2.69. The molecule has 0 unspecified atom stereocenters. The first-order chi connectivity index (χ1) is 15.1. The normalized spacial score (nSPS) is 11.6. The minimum Gasteiger partial charge on any atom is -0.494 e. The lowest BCUT2D eigenvalue weighted by Gasteiger charge is -2.39. The predicted molar refractivity (Wildman–Crippen MR) is 125 cm³/mol. The third kappa shape index (κ3) is 5.42. The first-order valence-corrected chi connectivity index (χ1v) is 12.2. The van der Waals surface area contributed by atoms with Gasteiger partial charge in [-0.1, -0.05) is 32.0 Å². The first kappa shape index (κ1) is 22.8. The van der Waals surface area contributed by atoms with Crippen molar-refractivity contribution in [2.75, 3.05) is 13.2 Å². The molecule has 0 heterocycles. The fourth-order valence-electron chi connectivity index (χ4n) is 3.24. The maximum absolute atomic E-state index is 12.3. The van der Waals surface area contributed by atoms with Crippen molar-refractivity contribution in [3.05, 3.63) is 78.9 Å². The van der Waals surface area contributed by atoms with Gasteiger partial charge in [0.2, 0.25) is 0 Å². The van der Waals surface area contributed by atoms with Gasteiger partial charge in [-0.3, -0.25) is 4.79 Å². The van der Waals surface area contributed by atoms with Gasteiger partial charge in [-0.15, -0.1) is 0 Å². The molecule has 0 radical (unpaired) electrons. The van der Waals surface area contributed by atoms with Crippen molar-refractivity contribution >= 4 is 16.3 Å². The molecule has 0 aromatic heterocycles. The fraction of sp³-hybridized carbons (Fsp3) is 0.269. The molecule has 0 aliphatic carbocycles. The lowest BCUT2D eigenvalue weighted by atomic mass is 10.3. The van der Waals surface area contributed by atoms with Crippen LogP contribution in [0.25, 0.3) is 0 Å². The van der Waals surface area contributed by atoms with E-state index >= 15 is 0 Å². The summed E-state index contributed by atoms with van der Waals surface area (Å²) in [5, 5.41) is 0. The lowest BCUT2D eigenvalue weighted by Crippen LogP contribution is -2.11. The average Bonchev–Trinajstić information content (AvgIpc) is 2.81. The maximum atomic E-state index is 12.3. The number of hydrogen-bond donors (Lipinski definition) is 0. The Bertz CT molecular complexity index is 901. The molecule has 0 saturated heterocycles. The second-order valence-corrected chi connectivity index (χ2v) is 9.78. The van der Waals surface area contributed by atoms with Crippen LogP contribution in [0.2, 0.25) is 0 Å². The van der Waals surface area contributed by atoms with Crippen molar-refractivity contribution in [1.82, 2.24) is 0 Å². The van der Waals surface area contributed by atoms with Crippen molar-refractivity contribution < 1.29 is 18.5 Å². The molecular formula is C26H30O4S. The second kappa shape index (κ2) is 10.9. The Labute approximate surface area is 186 Å². The number of hydrogen-bond acceptors (Lipinski definition) is 4. The number of ether oxygens (including phenoxy) is 2. The summed E-state index contributed by atoms with van der Waals surface area (Å²) in [5.41, 5.74) is 0. The standard InChI is InChI=1S/C26H30O4S/c1-4-19-28-22-11-15-25(16-12-22)31(30-21(3)27,24-9-7-6-8-10-24)26-17-13-23(14-18-26)29-20-5-2/h6-18H,4-5,19-20H2,1-3H3.